The molecular weight excluding hydrogens is 270 g/mol. The van der Waals surface area contributed by atoms with E-state index in [4.69, 9.17) is 0 Å². The molecule has 1 atom stereocenters. The first-order chi connectivity index (χ1) is 9.36. The van der Waals surface area contributed by atoms with E-state index >= 15 is 0 Å². The van der Waals surface area contributed by atoms with Crippen molar-refractivity contribution in [3.8, 4) is 0 Å². The molecule has 0 saturated carbocycles. The van der Waals surface area contributed by atoms with E-state index < -0.39 is 0 Å². The summed E-state index contributed by atoms with van der Waals surface area (Å²) in [5.74, 6) is 2.49. The van der Waals surface area contributed by atoms with Crippen LogP contribution < -0.4 is 5.32 Å². The van der Waals surface area contributed by atoms with Crippen LogP contribution in [-0.2, 0) is 18.6 Å². The second kappa shape index (κ2) is 6.12. The minimum atomic E-state index is 0.447. The summed E-state index contributed by atoms with van der Waals surface area (Å²) in [6.45, 7) is 0. The van der Waals surface area contributed by atoms with Gasteiger partial charge in [-0.1, -0.05) is 30.3 Å². The SMILES string of the molecule is CNC(Cc1ccccc1)c1cc2c(s1)CCSC2. The summed E-state index contributed by atoms with van der Waals surface area (Å²) in [5.41, 5.74) is 2.98. The molecule has 0 fully saturated rings. The van der Waals surface area contributed by atoms with E-state index in [1.54, 1.807) is 10.4 Å². The van der Waals surface area contributed by atoms with Crippen molar-refractivity contribution in [2.45, 2.75) is 24.6 Å². The van der Waals surface area contributed by atoms with Gasteiger partial charge in [0.2, 0.25) is 0 Å². The first-order valence-corrected chi connectivity index (χ1v) is 8.74. The maximum atomic E-state index is 3.48. The fourth-order valence-corrected chi connectivity index (χ4v) is 5.02. The second-order valence-electron chi connectivity index (χ2n) is 4.93. The van der Waals surface area contributed by atoms with Crippen LogP contribution in [0.1, 0.15) is 26.9 Å². The van der Waals surface area contributed by atoms with Crippen molar-refractivity contribution in [1.29, 1.82) is 0 Å². The molecule has 1 aromatic carbocycles. The number of thioether (sulfide) groups is 1. The monoisotopic (exact) mass is 289 g/mol. The normalized spacial score (nSPS) is 16.1. The topological polar surface area (TPSA) is 12.0 Å². The number of likely N-dealkylation sites (N-methyl/N-ethyl adjacent to an activating group) is 1. The van der Waals surface area contributed by atoms with E-state index in [0.29, 0.717) is 6.04 Å². The molecule has 1 nitrogen and oxygen atoms in total. The van der Waals surface area contributed by atoms with Crippen molar-refractivity contribution in [3.63, 3.8) is 0 Å². The van der Waals surface area contributed by atoms with Crippen LogP contribution in [0, 0.1) is 0 Å². The molecule has 3 rings (SSSR count). The number of benzene rings is 1. The van der Waals surface area contributed by atoms with Crippen LogP contribution in [0.2, 0.25) is 0 Å². The molecule has 0 bridgehead atoms. The standard InChI is InChI=1S/C16H19NS2/c1-17-14(9-12-5-3-2-4-6-12)16-10-13-11-18-8-7-15(13)19-16/h2-6,10,14,17H,7-9,11H2,1H3. The molecule has 19 heavy (non-hydrogen) atoms. The second-order valence-corrected chi connectivity index (χ2v) is 7.20. The van der Waals surface area contributed by atoms with Crippen LogP contribution in [0.3, 0.4) is 0 Å². The highest BCUT2D eigenvalue weighted by atomic mass is 32.2. The zero-order valence-corrected chi connectivity index (χ0v) is 12.8. The third kappa shape index (κ3) is 3.04. The highest BCUT2D eigenvalue weighted by molar-refractivity contribution is 7.98. The van der Waals surface area contributed by atoms with Gasteiger partial charge in [0.05, 0.1) is 0 Å². The Morgan fingerprint density at radius 2 is 2.11 bits per heavy atom. The Balaban J connectivity index is 1.80. The molecule has 0 spiro atoms. The fraction of sp³-hybridized carbons (Fsp3) is 0.375. The largest absolute Gasteiger partial charge is 0.312 e. The van der Waals surface area contributed by atoms with Gasteiger partial charge in [0.1, 0.15) is 0 Å². The minimum Gasteiger partial charge on any atom is -0.312 e. The van der Waals surface area contributed by atoms with E-state index in [1.807, 2.05) is 11.3 Å². The van der Waals surface area contributed by atoms with E-state index in [1.165, 1.54) is 28.4 Å². The quantitative estimate of drug-likeness (QED) is 0.911. The maximum Gasteiger partial charge on any atom is 0.0453 e. The van der Waals surface area contributed by atoms with Gasteiger partial charge >= 0.3 is 0 Å². The molecule has 0 aliphatic carbocycles. The van der Waals surface area contributed by atoms with E-state index in [2.05, 4.69) is 60.5 Å². The van der Waals surface area contributed by atoms with Gasteiger partial charge in [0.15, 0.2) is 0 Å². The summed E-state index contributed by atoms with van der Waals surface area (Å²) in [7, 11) is 2.07. The fourth-order valence-electron chi connectivity index (χ4n) is 2.54. The number of thiophene rings is 1. The molecule has 100 valence electrons. The smallest absolute Gasteiger partial charge is 0.0453 e. The number of fused-ring (bicyclic) bond motifs is 1. The molecular formula is C16H19NS2. The molecule has 1 aliphatic heterocycles. The summed E-state index contributed by atoms with van der Waals surface area (Å²) in [5, 5.41) is 3.48. The zero-order chi connectivity index (χ0) is 13.1. The summed E-state index contributed by atoms with van der Waals surface area (Å²) >= 11 is 4.07. The molecule has 0 radical (unpaired) electrons. The average Bonchev–Trinajstić information content (AvgIpc) is 2.89. The molecule has 0 amide bonds. The average molecular weight is 289 g/mol. The van der Waals surface area contributed by atoms with Gasteiger partial charge in [-0.15, -0.1) is 11.3 Å². The Labute approximate surface area is 123 Å². The van der Waals surface area contributed by atoms with Gasteiger partial charge in [-0.05, 0) is 42.8 Å². The van der Waals surface area contributed by atoms with Crippen LogP contribution in [0.15, 0.2) is 36.4 Å². The molecule has 0 saturated heterocycles. The van der Waals surface area contributed by atoms with E-state index in [0.717, 1.165) is 6.42 Å². The summed E-state index contributed by atoms with van der Waals surface area (Å²) in [6, 6.07) is 13.6. The lowest BCUT2D eigenvalue weighted by atomic mass is 10.0. The molecule has 2 aromatic rings. The van der Waals surface area contributed by atoms with Crippen molar-refractivity contribution < 1.29 is 0 Å². The third-order valence-electron chi connectivity index (χ3n) is 3.62. The summed E-state index contributed by atoms with van der Waals surface area (Å²) in [6.07, 6.45) is 2.33. The third-order valence-corrected chi connectivity index (χ3v) is 5.98. The van der Waals surface area contributed by atoms with Crippen molar-refractivity contribution in [3.05, 3.63) is 57.3 Å². The lowest BCUT2D eigenvalue weighted by Crippen LogP contribution is -2.17. The Bertz CT molecular complexity index is 509. The molecule has 2 heterocycles. The minimum absolute atomic E-state index is 0.447. The van der Waals surface area contributed by atoms with Gasteiger partial charge in [0, 0.05) is 21.5 Å². The predicted octanol–water partition coefficient (Wildman–Crippen LogP) is 4.04. The number of nitrogens with one attached hydrogen (secondary N) is 1. The van der Waals surface area contributed by atoms with Gasteiger partial charge in [-0.2, -0.15) is 11.8 Å². The summed E-state index contributed by atoms with van der Waals surface area (Å²) < 4.78 is 0. The number of rotatable bonds is 4. The van der Waals surface area contributed by atoms with Crippen LogP contribution in [0.4, 0.5) is 0 Å². The lowest BCUT2D eigenvalue weighted by Gasteiger charge is -2.14. The van der Waals surface area contributed by atoms with Crippen LogP contribution in [0.25, 0.3) is 0 Å². The number of hydrogen-bond donors (Lipinski definition) is 1. The Kier molecular flexibility index (Phi) is 4.26. The molecule has 1 N–H and O–H groups in total. The van der Waals surface area contributed by atoms with Crippen LogP contribution >= 0.6 is 23.1 Å². The van der Waals surface area contributed by atoms with Crippen molar-refractivity contribution in [2.75, 3.05) is 12.8 Å². The summed E-state index contributed by atoms with van der Waals surface area (Å²) in [4.78, 5) is 3.11. The lowest BCUT2D eigenvalue weighted by molar-refractivity contribution is 0.602. The van der Waals surface area contributed by atoms with Gasteiger partial charge in [-0.3, -0.25) is 0 Å². The number of aryl methyl sites for hydroxylation is 1. The Hall–Kier alpha value is -0.770. The molecule has 1 unspecified atom stereocenters. The molecule has 1 aromatic heterocycles. The zero-order valence-electron chi connectivity index (χ0n) is 11.2. The van der Waals surface area contributed by atoms with Crippen LogP contribution in [-0.4, -0.2) is 12.8 Å². The van der Waals surface area contributed by atoms with Gasteiger partial charge < -0.3 is 5.32 Å². The number of hydrogen-bond acceptors (Lipinski definition) is 3. The van der Waals surface area contributed by atoms with Crippen molar-refractivity contribution in [1.82, 2.24) is 5.32 Å². The first-order valence-electron chi connectivity index (χ1n) is 6.77. The molecule has 3 heteroatoms. The van der Waals surface area contributed by atoms with Crippen molar-refractivity contribution >= 4 is 23.1 Å². The maximum absolute atomic E-state index is 3.48. The molecule has 1 aliphatic rings. The van der Waals surface area contributed by atoms with E-state index in [-0.39, 0.29) is 0 Å². The highest BCUT2D eigenvalue weighted by Crippen LogP contribution is 2.35. The van der Waals surface area contributed by atoms with Gasteiger partial charge in [-0.25, -0.2) is 0 Å². The first kappa shape index (κ1) is 13.2. The Morgan fingerprint density at radius 3 is 2.84 bits per heavy atom. The van der Waals surface area contributed by atoms with Crippen molar-refractivity contribution in [2.24, 2.45) is 0 Å². The van der Waals surface area contributed by atoms with Gasteiger partial charge in [0.25, 0.3) is 0 Å². The van der Waals surface area contributed by atoms with Crippen LogP contribution in [0.5, 0.6) is 0 Å². The Morgan fingerprint density at radius 1 is 1.26 bits per heavy atom. The highest BCUT2D eigenvalue weighted by Gasteiger charge is 2.18. The van der Waals surface area contributed by atoms with E-state index in [9.17, 15) is 0 Å². The predicted molar refractivity (Wildman–Crippen MR) is 86.1 cm³/mol.